The van der Waals surface area contributed by atoms with E-state index >= 15 is 0 Å². The number of hydrogen-bond donors (Lipinski definition) is 0. The molecule has 0 amide bonds. The van der Waals surface area contributed by atoms with Gasteiger partial charge in [0.1, 0.15) is 0 Å². The van der Waals surface area contributed by atoms with Crippen LogP contribution in [0.3, 0.4) is 0 Å². The molecule has 0 aliphatic rings. The number of nitro benzene ring substituents is 1. The summed E-state index contributed by atoms with van der Waals surface area (Å²) in [5.41, 5.74) is -1.23. The number of hydrogen-bond acceptors (Lipinski definition) is 4. The van der Waals surface area contributed by atoms with Crippen molar-refractivity contribution in [3.05, 3.63) is 105 Å². The third kappa shape index (κ3) is 5.67. The predicted molar refractivity (Wildman–Crippen MR) is 107 cm³/mol. The van der Waals surface area contributed by atoms with Crippen LogP contribution in [0.5, 0.6) is 0 Å². The summed E-state index contributed by atoms with van der Waals surface area (Å²) in [6.07, 6.45) is -9.09. The van der Waals surface area contributed by atoms with E-state index < -0.39 is 28.4 Å². The standard InChI is InChI=1S/C21H12F6N2O2S/c22-20(23,24)15-5-1-13(2-6-15)19(14-3-7-16(8-4-14)21(25,26)27)28-32-18-11-9-17(10-12-18)29(30)31/h1-12H. The fourth-order valence-corrected chi connectivity index (χ4v) is 3.30. The zero-order chi connectivity index (χ0) is 23.5. The molecule has 166 valence electrons. The van der Waals surface area contributed by atoms with E-state index in [-0.39, 0.29) is 22.5 Å². The van der Waals surface area contributed by atoms with Gasteiger partial charge < -0.3 is 0 Å². The first kappa shape index (κ1) is 23.3. The van der Waals surface area contributed by atoms with E-state index in [1.54, 1.807) is 0 Å². The van der Waals surface area contributed by atoms with Crippen LogP contribution in [0.25, 0.3) is 0 Å². The van der Waals surface area contributed by atoms with Gasteiger partial charge in [0, 0.05) is 40.1 Å². The van der Waals surface area contributed by atoms with E-state index in [4.69, 9.17) is 0 Å². The second kappa shape index (κ2) is 9.03. The molecule has 0 spiro atoms. The van der Waals surface area contributed by atoms with Gasteiger partial charge in [0.05, 0.1) is 21.8 Å². The molecule has 0 atom stereocenters. The van der Waals surface area contributed by atoms with Gasteiger partial charge in [-0.3, -0.25) is 10.1 Å². The number of alkyl halides is 6. The first-order valence-corrected chi connectivity index (χ1v) is 9.57. The monoisotopic (exact) mass is 470 g/mol. The van der Waals surface area contributed by atoms with Gasteiger partial charge in [0.2, 0.25) is 0 Å². The van der Waals surface area contributed by atoms with Gasteiger partial charge in [-0.2, -0.15) is 26.3 Å². The van der Waals surface area contributed by atoms with Crippen molar-refractivity contribution >= 4 is 23.3 Å². The molecule has 3 aromatic carbocycles. The highest BCUT2D eigenvalue weighted by atomic mass is 32.2. The quantitative estimate of drug-likeness (QED) is 0.131. The van der Waals surface area contributed by atoms with Crippen LogP contribution in [0.2, 0.25) is 0 Å². The van der Waals surface area contributed by atoms with Crippen LogP contribution in [0, 0.1) is 10.1 Å². The average molecular weight is 470 g/mol. The van der Waals surface area contributed by atoms with Crippen molar-refractivity contribution in [3.63, 3.8) is 0 Å². The maximum Gasteiger partial charge on any atom is 0.416 e. The van der Waals surface area contributed by atoms with Crippen LogP contribution < -0.4 is 0 Å². The molecule has 11 heteroatoms. The Bertz CT molecular complexity index is 1060. The molecule has 32 heavy (non-hydrogen) atoms. The van der Waals surface area contributed by atoms with Crippen LogP contribution in [0.4, 0.5) is 32.0 Å². The third-order valence-electron chi connectivity index (χ3n) is 4.26. The molecule has 3 rings (SSSR count). The van der Waals surface area contributed by atoms with E-state index in [1.807, 2.05) is 0 Å². The Balaban J connectivity index is 1.98. The van der Waals surface area contributed by atoms with Crippen molar-refractivity contribution in [1.82, 2.24) is 0 Å². The van der Waals surface area contributed by atoms with Gasteiger partial charge in [0.15, 0.2) is 0 Å². The molecular formula is C21H12F6N2O2S. The highest BCUT2D eigenvalue weighted by Gasteiger charge is 2.31. The molecule has 0 heterocycles. The minimum absolute atomic E-state index is 0.135. The minimum atomic E-state index is -4.54. The van der Waals surface area contributed by atoms with Crippen molar-refractivity contribution in [1.29, 1.82) is 0 Å². The van der Waals surface area contributed by atoms with Crippen molar-refractivity contribution in [2.45, 2.75) is 17.2 Å². The summed E-state index contributed by atoms with van der Waals surface area (Å²) in [5.74, 6) is 0. The SMILES string of the molecule is O=[N+]([O-])c1ccc(SN=C(c2ccc(C(F)(F)F)cc2)c2ccc(C(F)(F)F)cc2)cc1. The Kier molecular flexibility index (Phi) is 6.58. The van der Waals surface area contributed by atoms with Crippen LogP contribution in [-0.2, 0) is 12.4 Å². The van der Waals surface area contributed by atoms with E-state index in [0.717, 1.165) is 36.2 Å². The maximum absolute atomic E-state index is 12.9. The number of nitro groups is 1. The zero-order valence-electron chi connectivity index (χ0n) is 15.8. The summed E-state index contributed by atoms with van der Waals surface area (Å²) in [6.45, 7) is 0. The molecule has 0 bridgehead atoms. The molecule has 0 aliphatic carbocycles. The second-order valence-corrected chi connectivity index (χ2v) is 7.27. The summed E-state index contributed by atoms with van der Waals surface area (Å²) in [5, 5.41) is 10.8. The molecule has 0 fully saturated rings. The van der Waals surface area contributed by atoms with Crippen LogP contribution >= 0.6 is 11.9 Å². The van der Waals surface area contributed by atoms with Crippen molar-refractivity contribution in [2.75, 3.05) is 0 Å². The minimum Gasteiger partial charge on any atom is -0.258 e. The molecule has 0 saturated carbocycles. The zero-order valence-corrected chi connectivity index (χ0v) is 16.6. The van der Waals surface area contributed by atoms with Crippen LogP contribution in [0.15, 0.2) is 82.1 Å². The fourth-order valence-electron chi connectivity index (χ4n) is 2.63. The van der Waals surface area contributed by atoms with Gasteiger partial charge >= 0.3 is 12.4 Å². The van der Waals surface area contributed by atoms with E-state index in [2.05, 4.69) is 4.40 Å². The number of benzene rings is 3. The lowest BCUT2D eigenvalue weighted by Crippen LogP contribution is -2.08. The van der Waals surface area contributed by atoms with Gasteiger partial charge in [-0.1, -0.05) is 24.3 Å². The summed E-state index contributed by atoms with van der Waals surface area (Å²) in [7, 11) is 0. The normalized spacial score (nSPS) is 11.8. The Labute approximate surface area is 181 Å². The lowest BCUT2D eigenvalue weighted by molar-refractivity contribution is -0.384. The van der Waals surface area contributed by atoms with E-state index in [1.165, 1.54) is 48.5 Å². The fraction of sp³-hybridized carbons (Fsp3) is 0.0952. The van der Waals surface area contributed by atoms with Gasteiger partial charge in [-0.25, -0.2) is 4.40 Å². The number of non-ortho nitro benzene ring substituents is 1. The first-order chi connectivity index (χ1) is 14.9. The Morgan fingerprint density at radius 2 is 1.12 bits per heavy atom. The first-order valence-electron chi connectivity index (χ1n) is 8.80. The lowest BCUT2D eigenvalue weighted by atomic mass is 10.00. The maximum atomic E-state index is 12.9. The summed E-state index contributed by atoms with van der Waals surface area (Å²) in [6, 6.07) is 13.5. The van der Waals surface area contributed by atoms with Crippen LogP contribution in [0.1, 0.15) is 22.3 Å². The third-order valence-corrected chi connectivity index (χ3v) is 5.02. The predicted octanol–water partition coefficient (Wildman–Crippen LogP) is 7.18. The van der Waals surface area contributed by atoms with E-state index in [9.17, 15) is 36.5 Å². The number of rotatable bonds is 5. The van der Waals surface area contributed by atoms with Gasteiger partial charge in [0.25, 0.3) is 5.69 Å². The molecule has 3 aromatic rings. The largest absolute Gasteiger partial charge is 0.416 e. The molecule has 0 unspecified atom stereocenters. The van der Waals surface area contributed by atoms with Gasteiger partial charge in [-0.15, -0.1) is 0 Å². The number of halogens is 6. The summed E-state index contributed by atoms with van der Waals surface area (Å²) < 4.78 is 81.5. The van der Waals surface area contributed by atoms with Crippen molar-refractivity contribution in [3.8, 4) is 0 Å². The molecular weight excluding hydrogens is 458 g/mol. The molecule has 0 saturated heterocycles. The smallest absolute Gasteiger partial charge is 0.258 e. The number of nitrogens with zero attached hydrogens (tertiary/aromatic N) is 2. The summed E-state index contributed by atoms with van der Waals surface area (Å²) in [4.78, 5) is 10.7. The molecule has 4 nitrogen and oxygen atoms in total. The van der Waals surface area contributed by atoms with Crippen LogP contribution in [-0.4, -0.2) is 10.6 Å². The molecule has 0 aromatic heterocycles. The Morgan fingerprint density at radius 3 is 1.47 bits per heavy atom. The topological polar surface area (TPSA) is 55.5 Å². The molecule has 0 N–H and O–H groups in total. The van der Waals surface area contributed by atoms with Crippen molar-refractivity contribution < 1.29 is 31.3 Å². The lowest BCUT2D eigenvalue weighted by Gasteiger charge is -2.12. The van der Waals surface area contributed by atoms with E-state index in [0.29, 0.717) is 4.90 Å². The summed E-state index contributed by atoms with van der Waals surface area (Å²) >= 11 is 0.879. The average Bonchev–Trinajstić information content (AvgIpc) is 2.74. The molecule has 0 aliphatic heterocycles. The highest BCUT2D eigenvalue weighted by Crippen LogP contribution is 2.32. The van der Waals surface area contributed by atoms with Crippen molar-refractivity contribution in [2.24, 2.45) is 4.40 Å². The second-order valence-electron chi connectivity index (χ2n) is 6.43. The Hall–Kier alpha value is -3.34. The molecule has 0 radical (unpaired) electrons. The highest BCUT2D eigenvalue weighted by molar-refractivity contribution is 7.98. The Morgan fingerprint density at radius 1 is 0.719 bits per heavy atom. The van der Waals surface area contributed by atoms with Gasteiger partial charge in [-0.05, 0) is 36.4 Å².